The van der Waals surface area contributed by atoms with Gasteiger partial charge in [0.2, 0.25) is 5.91 Å². The number of rotatable bonds is 6. The molecular weight excluding hydrogens is 366 g/mol. The van der Waals surface area contributed by atoms with Crippen molar-refractivity contribution in [1.29, 1.82) is 0 Å². The lowest BCUT2D eigenvalue weighted by Crippen LogP contribution is -2.36. The number of nitrogens with one attached hydrogen (secondary N) is 1. The molecule has 28 heavy (non-hydrogen) atoms. The Kier molecular flexibility index (Phi) is 6.73. The van der Waals surface area contributed by atoms with Gasteiger partial charge in [-0.2, -0.15) is 0 Å². The highest BCUT2D eigenvalue weighted by Crippen LogP contribution is 2.22. The number of hydrogen-bond acceptors (Lipinski definition) is 4. The third-order valence-corrected chi connectivity index (χ3v) is 4.52. The zero-order valence-electron chi connectivity index (χ0n) is 15.3. The molecule has 1 atom stereocenters. The summed E-state index contributed by atoms with van der Waals surface area (Å²) < 4.78 is 31.9. The quantitative estimate of drug-likeness (QED) is 0.747. The van der Waals surface area contributed by atoms with Crippen molar-refractivity contribution >= 4 is 17.7 Å². The monoisotopic (exact) mass is 388 g/mol. The topological polar surface area (TPSA) is 61.8 Å². The van der Waals surface area contributed by atoms with Gasteiger partial charge in [-0.3, -0.25) is 4.79 Å². The van der Waals surface area contributed by atoms with E-state index in [0.717, 1.165) is 42.5 Å². The molecule has 0 spiro atoms. The van der Waals surface area contributed by atoms with E-state index >= 15 is 0 Å². The second kappa shape index (κ2) is 9.43. The minimum atomic E-state index is -0.749. The minimum Gasteiger partial charge on any atom is -0.394 e. The van der Waals surface area contributed by atoms with Crippen LogP contribution in [0.25, 0.3) is 6.08 Å². The van der Waals surface area contributed by atoms with Crippen molar-refractivity contribution in [3.8, 4) is 0 Å². The van der Waals surface area contributed by atoms with Gasteiger partial charge in [-0.25, -0.2) is 8.78 Å². The van der Waals surface area contributed by atoms with E-state index in [1.165, 1.54) is 12.1 Å². The summed E-state index contributed by atoms with van der Waals surface area (Å²) in [5, 5.41) is 12.4. The van der Waals surface area contributed by atoms with Gasteiger partial charge in [0.15, 0.2) is 0 Å². The van der Waals surface area contributed by atoms with E-state index in [1.54, 1.807) is 0 Å². The van der Waals surface area contributed by atoms with Crippen molar-refractivity contribution in [2.24, 2.45) is 0 Å². The van der Waals surface area contributed by atoms with Crippen LogP contribution in [0.5, 0.6) is 0 Å². The van der Waals surface area contributed by atoms with E-state index in [0.29, 0.717) is 13.2 Å². The van der Waals surface area contributed by atoms with E-state index in [2.05, 4.69) is 10.2 Å². The molecule has 2 aromatic carbocycles. The maximum absolute atomic E-state index is 13.6. The Morgan fingerprint density at radius 2 is 2.00 bits per heavy atom. The van der Waals surface area contributed by atoms with Gasteiger partial charge in [0.25, 0.3) is 0 Å². The molecular formula is C21H22F2N2O3. The van der Waals surface area contributed by atoms with Crippen LogP contribution in [0.1, 0.15) is 17.2 Å². The number of benzene rings is 2. The standard InChI is InChI=1S/C21H22F2N2O3/c22-17-6-4-15(19(23)13-17)5-7-21(27)24-20(14-26)16-2-1-3-18(12-16)25-8-10-28-11-9-25/h1-7,12-13,20,26H,8-11,14H2,(H,24,27)/t20-/m1/s1. The number of carbonyl (C=O) groups is 1. The Bertz CT molecular complexity index is 851. The second-order valence-corrected chi connectivity index (χ2v) is 6.44. The SMILES string of the molecule is O=C(C=Cc1ccc(F)cc1F)N[C@H](CO)c1cccc(N2CCOCC2)c1. The Balaban J connectivity index is 1.67. The number of anilines is 1. The molecule has 1 aliphatic heterocycles. The molecule has 1 saturated heterocycles. The molecule has 7 heteroatoms. The minimum absolute atomic E-state index is 0.103. The zero-order chi connectivity index (χ0) is 19.9. The number of aliphatic hydroxyl groups is 1. The first-order chi connectivity index (χ1) is 13.6. The highest BCUT2D eigenvalue weighted by molar-refractivity contribution is 5.92. The third kappa shape index (κ3) is 5.15. The molecule has 1 heterocycles. The predicted octanol–water partition coefficient (Wildman–Crippen LogP) is 2.66. The van der Waals surface area contributed by atoms with Crippen LogP contribution < -0.4 is 10.2 Å². The van der Waals surface area contributed by atoms with Gasteiger partial charge in [-0.05, 0) is 35.9 Å². The molecule has 2 N–H and O–H groups in total. The predicted molar refractivity (Wildman–Crippen MR) is 103 cm³/mol. The first kappa shape index (κ1) is 20.0. The maximum Gasteiger partial charge on any atom is 0.244 e. The largest absolute Gasteiger partial charge is 0.394 e. The van der Waals surface area contributed by atoms with Crippen LogP contribution in [0.2, 0.25) is 0 Å². The average Bonchev–Trinajstić information content (AvgIpc) is 2.72. The lowest BCUT2D eigenvalue weighted by Gasteiger charge is -2.29. The van der Waals surface area contributed by atoms with Crippen LogP contribution in [0.4, 0.5) is 14.5 Å². The highest BCUT2D eigenvalue weighted by Gasteiger charge is 2.16. The number of morpholine rings is 1. The number of amides is 1. The fraction of sp³-hybridized carbons (Fsp3) is 0.286. The van der Waals surface area contributed by atoms with Crippen LogP contribution in [0.15, 0.2) is 48.5 Å². The van der Waals surface area contributed by atoms with Crippen molar-refractivity contribution in [2.75, 3.05) is 37.8 Å². The molecule has 0 aliphatic carbocycles. The summed E-state index contributed by atoms with van der Waals surface area (Å²) in [5.74, 6) is -1.92. The summed E-state index contributed by atoms with van der Waals surface area (Å²) in [6, 6.07) is 10.1. The third-order valence-electron chi connectivity index (χ3n) is 4.52. The van der Waals surface area contributed by atoms with E-state index in [1.807, 2.05) is 24.3 Å². The molecule has 3 rings (SSSR count). The number of halogens is 2. The van der Waals surface area contributed by atoms with E-state index in [4.69, 9.17) is 4.74 Å². The summed E-state index contributed by atoms with van der Waals surface area (Å²) in [7, 11) is 0. The van der Waals surface area contributed by atoms with Crippen LogP contribution in [0.3, 0.4) is 0 Å². The molecule has 0 unspecified atom stereocenters. The molecule has 2 aromatic rings. The molecule has 0 saturated carbocycles. The molecule has 1 fully saturated rings. The van der Waals surface area contributed by atoms with Crippen LogP contribution in [-0.4, -0.2) is 43.9 Å². The molecule has 1 amide bonds. The summed E-state index contributed by atoms with van der Waals surface area (Å²) in [5.41, 5.74) is 1.87. The molecule has 148 valence electrons. The fourth-order valence-corrected chi connectivity index (χ4v) is 3.02. The van der Waals surface area contributed by atoms with Gasteiger partial charge in [0, 0.05) is 36.5 Å². The molecule has 5 nitrogen and oxygen atoms in total. The van der Waals surface area contributed by atoms with Gasteiger partial charge in [0.1, 0.15) is 11.6 Å². The summed E-state index contributed by atoms with van der Waals surface area (Å²) in [6.45, 7) is 2.61. The van der Waals surface area contributed by atoms with Crippen LogP contribution in [0, 0.1) is 11.6 Å². The normalized spacial score (nSPS) is 15.6. The molecule has 1 aliphatic rings. The average molecular weight is 388 g/mol. The second-order valence-electron chi connectivity index (χ2n) is 6.44. The zero-order valence-corrected chi connectivity index (χ0v) is 15.3. The Morgan fingerprint density at radius 3 is 2.71 bits per heavy atom. The lowest BCUT2D eigenvalue weighted by atomic mass is 10.1. The van der Waals surface area contributed by atoms with E-state index < -0.39 is 23.6 Å². The van der Waals surface area contributed by atoms with Gasteiger partial charge in [-0.15, -0.1) is 0 Å². The van der Waals surface area contributed by atoms with E-state index in [-0.39, 0.29) is 12.2 Å². The van der Waals surface area contributed by atoms with Crippen LogP contribution >= 0.6 is 0 Å². The van der Waals surface area contributed by atoms with Crippen molar-refractivity contribution < 1.29 is 23.4 Å². The summed E-state index contributed by atoms with van der Waals surface area (Å²) in [6.07, 6.45) is 2.42. The molecule has 0 bridgehead atoms. The summed E-state index contributed by atoms with van der Waals surface area (Å²) in [4.78, 5) is 14.4. The molecule has 0 radical (unpaired) electrons. The lowest BCUT2D eigenvalue weighted by molar-refractivity contribution is -0.117. The maximum atomic E-state index is 13.6. The van der Waals surface area contributed by atoms with Gasteiger partial charge < -0.3 is 20.1 Å². The van der Waals surface area contributed by atoms with Gasteiger partial charge in [0.05, 0.1) is 25.9 Å². The van der Waals surface area contributed by atoms with Crippen molar-refractivity contribution in [3.63, 3.8) is 0 Å². The Morgan fingerprint density at radius 1 is 1.21 bits per heavy atom. The Labute approximate surface area is 162 Å². The van der Waals surface area contributed by atoms with Crippen molar-refractivity contribution in [3.05, 3.63) is 71.3 Å². The number of nitrogens with zero attached hydrogens (tertiary/aromatic N) is 1. The number of ether oxygens (including phenoxy) is 1. The summed E-state index contributed by atoms with van der Waals surface area (Å²) >= 11 is 0. The Hall–Kier alpha value is -2.77. The highest BCUT2D eigenvalue weighted by atomic mass is 19.1. The fourth-order valence-electron chi connectivity index (χ4n) is 3.02. The van der Waals surface area contributed by atoms with Crippen molar-refractivity contribution in [2.45, 2.75) is 6.04 Å². The number of carbonyl (C=O) groups excluding carboxylic acids is 1. The van der Waals surface area contributed by atoms with Gasteiger partial charge in [-0.1, -0.05) is 12.1 Å². The van der Waals surface area contributed by atoms with Crippen molar-refractivity contribution in [1.82, 2.24) is 5.32 Å². The molecule has 0 aromatic heterocycles. The van der Waals surface area contributed by atoms with E-state index in [9.17, 15) is 18.7 Å². The first-order valence-corrected chi connectivity index (χ1v) is 9.04. The number of hydrogen-bond donors (Lipinski definition) is 2. The van der Waals surface area contributed by atoms with Gasteiger partial charge >= 0.3 is 0 Å². The number of aliphatic hydroxyl groups excluding tert-OH is 1. The smallest absolute Gasteiger partial charge is 0.244 e. The van der Waals surface area contributed by atoms with Crippen LogP contribution in [-0.2, 0) is 9.53 Å². The first-order valence-electron chi connectivity index (χ1n) is 9.04.